The minimum Gasteiger partial charge on any atom is -0.481 e. The first kappa shape index (κ1) is 16.2. The number of carboxylic acids is 1. The molecular weight excluding hydrogens is 300 g/mol. The summed E-state index contributed by atoms with van der Waals surface area (Å²) < 4.78 is 0. The van der Waals surface area contributed by atoms with Gasteiger partial charge in [0, 0.05) is 6.54 Å². The zero-order chi connectivity index (χ0) is 16.1. The maximum absolute atomic E-state index is 12.0. The number of amides is 1. The molecule has 1 aromatic heterocycles. The molecule has 1 heterocycles. The number of aryl methyl sites for hydroxylation is 2. The van der Waals surface area contributed by atoms with Gasteiger partial charge in [-0.1, -0.05) is 29.8 Å². The van der Waals surface area contributed by atoms with Crippen LogP contribution in [0.5, 0.6) is 0 Å². The summed E-state index contributed by atoms with van der Waals surface area (Å²) in [5.74, 6) is -1.84. The molecule has 0 spiro atoms. The Morgan fingerprint density at radius 2 is 2.14 bits per heavy atom. The minimum absolute atomic E-state index is 0.0963. The zero-order valence-corrected chi connectivity index (χ0v) is 13.3. The second-order valence-electron chi connectivity index (χ2n) is 5.18. The van der Waals surface area contributed by atoms with Crippen molar-refractivity contribution in [1.29, 1.82) is 0 Å². The molecule has 1 aromatic carbocycles. The van der Waals surface area contributed by atoms with E-state index in [0.717, 1.165) is 16.1 Å². The number of aromatic nitrogens is 1. The van der Waals surface area contributed by atoms with Gasteiger partial charge in [0.15, 0.2) is 0 Å². The molecule has 2 aromatic rings. The maximum atomic E-state index is 12.0. The van der Waals surface area contributed by atoms with Gasteiger partial charge < -0.3 is 10.4 Å². The molecule has 1 atom stereocenters. The van der Waals surface area contributed by atoms with Gasteiger partial charge in [-0.25, -0.2) is 4.98 Å². The van der Waals surface area contributed by atoms with Crippen LogP contribution in [0, 0.1) is 19.8 Å². The van der Waals surface area contributed by atoms with Crippen molar-refractivity contribution in [2.75, 3.05) is 6.54 Å². The first-order valence-corrected chi connectivity index (χ1v) is 7.76. The van der Waals surface area contributed by atoms with E-state index in [2.05, 4.69) is 10.3 Å². The van der Waals surface area contributed by atoms with E-state index in [1.54, 1.807) is 0 Å². The number of aliphatic carboxylic acids is 1. The lowest BCUT2D eigenvalue weighted by Gasteiger charge is -2.13. The Morgan fingerprint density at radius 3 is 2.73 bits per heavy atom. The number of nitrogens with one attached hydrogen (secondary N) is 1. The third-order valence-electron chi connectivity index (χ3n) is 3.27. The van der Waals surface area contributed by atoms with E-state index in [4.69, 9.17) is 0 Å². The van der Waals surface area contributed by atoms with Crippen molar-refractivity contribution in [3.05, 3.63) is 51.5 Å². The first-order chi connectivity index (χ1) is 10.5. The molecule has 116 valence electrons. The van der Waals surface area contributed by atoms with Crippen molar-refractivity contribution in [3.8, 4) is 0 Å². The number of thiazole rings is 1. The van der Waals surface area contributed by atoms with Gasteiger partial charge in [0.2, 0.25) is 0 Å². The number of carbonyl (C=O) groups excluding carboxylic acids is 1. The number of carboxylic acid groups (broad SMARTS) is 1. The summed E-state index contributed by atoms with van der Waals surface area (Å²) in [7, 11) is 0. The van der Waals surface area contributed by atoms with Gasteiger partial charge in [0.25, 0.3) is 5.91 Å². The average molecular weight is 318 g/mol. The van der Waals surface area contributed by atoms with Crippen LogP contribution >= 0.6 is 11.3 Å². The Kier molecular flexibility index (Phi) is 5.27. The Labute approximate surface area is 133 Å². The largest absolute Gasteiger partial charge is 0.481 e. The molecular formula is C16H18N2O3S. The highest BCUT2D eigenvalue weighted by atomic mass is 32.1. The monoisotopic (exact) mass is 318 g/mol. The lowest BCUT2D eigenvalue weighted by Crippen LogP contribution is -2.33. The molecule has 6 heteroatoms. The standard InChI is InChI=1S/C16H18N2O3S/c1-10-4-3-5-12(6-10)7-13(16(20)21)8-18-15(19)14-9-17-11(2)22-14/h3-6,9,13H,7-8H2,1-2H3,(H,18,19)(H,20,21). The summed E-state index contributed by atoms with van der Waals surface area (Å²) in [6.45, 7) is 3.88. The van der Waals surface area contributed by atoms with Gasteiger partial charge >= 0.3 is 5.97 Å². The van der Waals surface area contributed by atoms with Crippen molar-refractivity contribution < 1.29 is 14.7 Å². The van der Waals surface area contributed by atoms with E-state index in [0.29, 0.717) is 11.3 Å². The molecule has 0 saturated heterocycles. The maximum Gasteiger partial charge on any atom is 0.308 e. The molecule has 1 unspecified atom stereocenters. The average Bonchev–Trinajstić information content (AvgIpc) is 2.89. The molecule has 0 radical (unpaired) electrons. The normalized spacial score (nSPS) is 11.9. The van der Waals surface area contributed by atoms with Crippen molar-refractivity contribution in [2.45, 2.75) is 20.3 Å². The van der Waals surface area contributed by atoms with Gasteiger partial charge in [-0.3, -0.25) is 9.59 Å². The van der Waals surface area contributed by atoms with Crippen LogP contribution in [0.3, 0.4) is 0 Å². The molecule has 1 amide bonds. The van der Waals surface area contributed by atoms with Crippen LogP contribution in [-0.4, -0.2) is 28.5 Å². The third kappa shape index (κ3) is 4.39. The second kappa shape index (κ2) is 7.17. The SMILES string of the molecule is Cc1cccc(CC(CNC(=O)c2cnc(C)s2)C(=O)O)c1. The fraction of sp³-hybridized carbons (Fsp3) is 0.312. The van der Waals surface area contributed by atoms with Crippen LogP contribution < -0.4 is 5.32 Å². The van der Waals surface area contributed by atoms with E-state index in [1.165, 1.54) is 17.5 Å². The summed E-state index contributed by atoms with van der Waals surface area (Å²) in [6, 6.07) is 7.73. The third-order valence-corrected chi connectivity index (χ3v) is 4.18. The number of carbonyl (C=O) groups is 2. The summed E-state index contributed by atoms with van der Waals surface area (Å²) in [5, 5.41) is 12.8. The van der Waals surface area contributed by atoms with Gasteiger partial charge in [0.05, 0.1) is 17.1 Å². The van der Waals surface area contributed by atoms with Crippen LogP contribution in [0.4, 0.5) is 0 Å². The quantitative estimate of drug-likeness (QED) is 0.857. The number of nitrogens with zero attached hydrogens (tertiary/aromatic N) is 1. The molecule has 2 rings (SSSR count). The Morgan fingerprint density at radius 1 is 1.36 bits per heavy atom. The molecule has 0 aliphatic carbocycles. The predicted octanol–water partition coefficient (Wildman–Crippen LogP) is 2.43. The van der Waals surface area contributed by atoms with E-state index in [9.17, 15) is 14.7 Å². The summed E-state index contributed by atoms with van der Waals surface area (Å²) in [6.07, 6.45) is 1.89. The molecule has 0 aliphatic heterocycles. The van der Waals surface area contributed by atoms with E-state index < -0.39 is 11.9 Å². The van der Waals surface area contributed by atoms with Crippen LogP contribution in [-0.2, 0) is 11.2 Å². The number of benzene rings is 1. The molecule has 0 fully saturated rings. The van der Waals surface area contributed by atoms with Crippen molar-refractivity contribution >= 4 is 23.2 Å². The molecule has 2 N–H and O–H groups in total. The Bertz CT molecular complexity index is 682. The molecule has 0 aliphatic rings. The fourth-order valence-electron chi connectivity index (χ4n) is 2.14. The summed E-state index contributed by atoms with van der Waals surface area (Å²) >= 11 is 1.29. The van der Waals surface area contributed by atoms with Crippen molar-refractivity contribution in [1.82, 2.24) is 10.3 Å². The predicted molar refractivity (Wildman–Crippen MR) is 85.2 cm³/mol. The van der Waals surface area contributed by atoms with E-state index in [-0.39, 0.29) is 12.5 Å². The molecule has 0 saturated carbocycles. The molecule has 22 heavy (non-hydrogen) atoms. The topological polar surface area (TPSA) is 79.3 Å². The smallest absolute Gasteiger partial charge is 0.308 e. The fourth-order valence-corrected chi connectivity index (χ4v) is 2.83. The highest BCUT2D eigenvalue weighted by molar-refractivity contribution is 7.13. The van der Waals surface area contributed by atoms with Crippen LogP contribution in [0.1, 0.15) is 25.8 Å². The number of hydrogen-bond donors (Lipinski definition) is 2. The Balaban J connectivity index is 1.97. The highest BCUT2D eigenvalue weighted by Gasteiger charge is 2.20. The first-order valence-electron chi connectivity index (χ1n) is 6.94. The van der Waals surface area contributed by atoms with Crippen LogP contribution in [0.2, 0.25) is 0 Å². The molecule has 5 nitrogen and oxygen atoms in total. The van der Waals surface area contributed by atoms with Crippen LogP contribution in [0.25, 0.3) is 0 Å². The van der Waals surface area contributed by atoms with Crippen molar-refractivity contribution in [3.63, 3.8) is 0 Å². The van der Waals surface area contributed by atoms with Gasteiger partial charge in [0.1, 0.15) is 4.88 Å². The zero-order valence-electron chi connectivity index (χ0n) is 12.5. The number of hydrogen-bond acceptors (Lipinski definition) is 4. The lowest BCUT2D eigenvalue weighted by atomic mass is 9.98. The minimum atomic E-state index is -0.915. The van der Waals surface area contributed by atoms with Gasteiger partial charge in [-0.15, -0.1) is 11.3 Å². The van der Waals surface area contributed by atoms with E-state index in [1.807, 2.05) is 38.1 Å². The highest BCUT2D eigenvalue weighted by Crippen LogP contribution is 2.13. The Hall–Kier alpha value is -2.21. The van der Waals surface area contributed by atoms with Crippen molar-refractivity contribution in [2.24, 2.45) is 5.92 Å². The second-order valence-corrected chi connectivity index (χ2v) is 6.42. The van der Waals surface area contributed by atoms with Gasteiger partial charge in [-0.2, -0.15) is 0 Å². The lowest BCUT2D eigenvalue weighted by molar-refractivity contribution is -0.141. The molecule has 0 bridgehead atoms. The summed E-state index contributed by atoms with van der Waals surface area (Å²) in [5.41, 5.74) is 2.04. The summed E-state index contributed by atoms with van der Waals surface area (Å²) in [4.78, 5) is 27.9. The number of rotatable bonds is 6. The van der Waals surface area contributed by atoms with E-state index >= 15 is 0 Å². The van der Waals surface area contributed by atoms with Crippen LogP contribution in [0.15, 0.2) is 30.5 Å². The van der Waals surface area contributed by atoms with Gasteiger partial charge in [-0.05, 0) is 25.8 Å².